The lowest BCUT2D eigenvalue weighted by atomic mass is 10.0. The fourth-order valence-corrected chi connectivity index (χ4v) is 4.72. The third kappa shape index (κ3) is 4.29. The van der Waals surface area contributed by atoms with Gasteiger partial charge in [0.15, 0.2) is 5.69 Å². The smallest absolute Gasteiger partial charge is 0.308 e. The van der Waals surface area contributed by atoms with Gasteiger partial charge in [0.1, 0.15) is 5.75 Å². The minimum Gasteiger partial charge on any atom is -0.447 e. The average molecular weight is 499 g/mol. The molecule has 1 amide bonds. The molecule has 3 aromatic carbocycles. The van der Waals surface area contributed by atoms with Crippen LogP contribution in [0.15, 0.2) is 78.5 Å². The summed E-state index contributed by atoms with van der Waals surface area (Å²) < 4.78 is 12.1. The molecule has 9 heteroatoms. The van der Waals surface area contributed by atoms with Crippen LogP contribution >= 0.6 is 11.8 Å². The van der Waals surface area contributed by atoms with E-state index in [-0.39, 0.29) is 11.8 Å². The number of benzene rings is 3. The van der Waals surface area contributed by atoms with Crippen molar-refractivity contribution in [3.63, 3.8) is 0 Å². The number of thioether (sulfide) groups is 1. The summed E-state index contributed by atoms with van der Waals surface area (Å²) in [4.78, 5) is 31.4. The molecule has 0 N–H and O–H groups in total. The number of fused-ring (bicyclic) bond motifs is 4. The summed E-state index contributed by atoms with van der Waals surface area (Å²) in [5.41, 5.74) is 2.18. The number of nitrogens with zero attached hydrogens (tertiary/aromatic N) is 4. The quantitative estimate of drug-likeness (QED) is 0.158. The van der Waals surface area contributed by atoms with E-state index < -0.39 is 12.2 Å². The molecule has 0 saturated carbocycles. The number of esters is 1. The second-order valence-corrected chi connectivity index (χ2v) is 9.00. The van der Waals surface area contributed by atoms with Gasteiger partial charge in [0.05, 0.1) is 11.3 Å². The van der Waals surface area contributed by atoms with Crippen LogP contribution in [0.2, 0.25) is 0 Å². The van der Waals surface area contributed by atoms with Crippen LogP contribution in [-0.2, 0) is 9.59 Å². The van der Waals surface area contributed by atoms with Crippen LogP contribution in [0.5, 0.6) is 11.6 Å². The zero-order chi connectivity index (χ0) is 25.2. The highest BCUT2D eigenvalue weighted by molar-refractivity contribution is 7.99. The first-order valence-corrected chi connectivity index (χ1v) is 12.2. The molecule has 180 valence electrons. The summed E-state index contributed by atoms with van der Waals surface area (Å²) in [6.07, 6.45) is 0.747. The van der Waals surface area contributed by atoms with Gasteiger partial charge < -0.3 is 9.47 Å². The molecule has 1 atom stereocenters. The van der Waals surface area contributed by atoms with Crippen LogP contribution in [0.4, 0.5) is 5.69 Å². The van der Waals surface area contributed by atoms with Gasteiger partial charge >= 0.3 is 5.97 Å². The number of ether oxygens (including phenoxy) is 2. The molecule has 4 aromatic rings. The van der Waals surface area contributed by atoms with Crippen LogP contribution in [-0.4, -0.2) is 32.8 Å². The highest BCUT2D eigenvalue weighted by Gasteiger charge is 2.37. The highest BCUT2D eigenvalue weighted by atomic mass is 32.2. The molecular weight excluding hydrogens is 476 g/mol. The molecule has 0 spiro atoms. The average Bonchev–Trinajstić information content (AvgIpc) is 3.01. The number of aromatic nitrogens is 3. The maximum atomic E-state index is 13.2. The largest absolute Gasteiger partial charge is 0.447 e. The maximum Gasteiger partial charge on any atom is 0.308 e. The molecule has 0 unspecified atom stereocenters. The van der Waals surface area contributed by atoms with Crippen molar-refractivity contribution < 1.29 is 19.1 Å². The summed E-state index contributed by atoms with van der Waals surface area (Å²) in [7, 11) is 0. The van der Waals surface area contributed by atoms with E-state index in [1.807, 2.05) is 54.6 Å². The lowest BCUT2D eigenvalue weighted by Crippen LogP contribution is -2.36. The van der Waals surface area contributed by atoms with E-state index in [9.17, 15) is 9.59 Å². The van der Waals surface area contributed by atoms with E-state index in [0.29, 0.717) is 39.2 Å². The highest BCUT2D eigenvalue weighted by Crippen LogP contribution is 2.46. The number of carbonyl (C=O) groups is 2. The van der Waals surface area contributed by atoms with Gasteiger partial charge in [-0.15, -0.1) is 16.8 Å². The van der Waals surface area contributed by atoms with Gasteiger partial charge in [-0.2, -0.15) is 4.98 Å². The third-order valence-electron chi connectivity index (χ3n) is 5.61. The van der Waals surface area contributed by atoms with Gasteiger partial charge in [0, 0.05) is 25.2 Å². The van der Waals surface area contributed by atoms with Gasteiger partial charge in [-0.25, -0.2) is 0 Å². The van der Waals surface area contributed by atoms with E-state index in [2.05, 4.69) is 21.8 Å². The minimum absolute atomic E-state index is 0.222. The first-order chi connectivity index (χ1) is 17.5. The Labute approximate surface area is 212 Å². The summed E-state index contributed by atoms with van der Waals surface area (Å²) in [5, 5.41) is 10.7. The molecule has 5 rings (SSSR count). The number of hydrogen-bond donors (Lipinski definition) is 0. The molecule has 36 heavy (non-hydrogen) atoms. The number of rotatable bonds is 5. The van der Waals surface area contributed by atoms with Gasteiger partial charge in [0.25, 0.3) is 0 Å². The predicted octanol–water partition coefficient (Wildman–Crippen LogP) is 5.34. The second-order valence-electron chi connectivity index (χ2n) is 8.02. The summed E-state index contributed by atoms with van der Waals surface area (Å²) in [5.74, 6) is 0.361. The Morgan fingerprint density at radius 1 is 1.08 bits per heavy atom. The normalized spacial score (nSPS) is 14.3. The fraction of sp³-hybridized carbons (Fsp3) is 0.148. The van der Waals surface area contributed by atoms with Crippen LogP contribution < -0.4 is 14.4 Å². The van der Waals surface area contributed by atoms with E-state index in [4.69, 9.17) is 9.47 Å². The maximum absolute atomic E-state index is 13.2. The molecular formula is C27H22N4O4S. The number of para-hydroxylation sites is 1. The molecule has 0 fully saturated rings. The van der Waals surface area contributed by atoms with Crippen molar-refractivity contribution in [2.24, 2.45) is 0 Å². The van der Waals surface area contributed by atoms with Gasteiger partial charge in [-0.3, -0.25) is 14.5 Å². The van der Waals surface area contributed by atoms with Gasteiger partial charge in [-0.05, 0) is 22.9 Å². The van der Waals surface area contributed by atoms with E-state index in [0.717, 1.165) is 10.8 Å². The Bertz CT molecular complexity index is 1510. The zero-order valence-corrected chi connectivity index (χ0v) is 20.5. The van der Waals surface area contributed by atoms with Crippen LogP contribution in [0.25, 0.3) is 22.0 Å². The third-order valence-corrected chi connectivity index (χ3v) is 6.45. The van der Waals surface area contributed by atoms with Crippen LogP contribution in [0, 0.1) is 0 Å². The van der Waals surface area contributed by atoms with Crippen molar-refractivity contribution in [2.75, 3.05) is 10.7 Å². The van der Waals surface area contributed by atoms with Crippen molar-refractivity contribution in [3.8, 4) is 22.9 Å². The molecule has 1 aromatic heterocycles. The number of anilines is 1. The Morgan fingerprint density at radius 3 is 2.64 bits per heavy atom. The molecule has 0 radical (unpaired) electrons. The van der Waals surface area contributed by atoms with Crippen molar-refractivity contribution in [1.82, 2.24) is 15.2 Å². The van der Waals surface area contributed by atoms with Gasteiger partial charge in [-0.1, -0.05) is 66.4 Å². The van der Waals surface area contributed by atoms with Crippen molar-refractivity contribution in [2.45, 2.75) is 25.2 Å². The van der Waals surface area contributed by atoms with E-state index >= 15 is 0 Å². The molecule has 1 aliphatic heterocycles. The minimum atomic E-state index is -1.00. The number of amides is 1. The Balaban J connectivity index is 1.80. The molecule has 1 aliphatic rings. The number of hydrogen-bond acceptors (Lipinski definition) is 8. The Hall–Kier alpha value is -4.24. The number of carbonyl (C=O) groups excluding carboxylic acids is 2. The topological polar surface area (TPSA) is 94.5 Å². The standard InChI is InChI=1S/C27H22N4O4S/c1-4-15-36-27-28-25-24(29-30-27)20-11-7-8-12-21(20)31(16(2)32)26(35-25)23-19-10-6-5-9-18(19)13-14-22(23)34-17(3)33/h4-14,26H,1,15H2,2-3H3/t26-/m1/s1. The predicted molar refractivity (Wildman–Crippen MR) is 138 cm³/mol. The van der Waals surface area contributed by atoms with Crippen molar-refractivity contribution >= 4 is 40.1 Å². The lowest BCUT2D eigenvalue weighted by molar-refractivity contribution is -0.131. The van der Waals surface area contributed by atoms with Crippen molar-refractivity contribution in [1.29, 1.82) is 0 Å². The summed E-state index contributed by atoms with van der Waals surface area (Å²) in [6, 6.07) is 18.6. The first kappa shape index (κ1) is 23.5. The molecule has 0 bridgehead atoms. The fourth-order valence-electron chi connectivity index (χ4n) is 4.21. The monoisotopic (exact) mass is 498 g/mol. The van der Waals surface area contributed by atoms with Crippen LogP contribution in [0.1, 0.15) is 25.6 Å². The summed E-state index contributed by atoms with van der Waals surface area (Å²) >= 11 is 1.37. The van der Waals surface area contributed by atoms with Crippen molar-refractivity contribution in [3.05, 3.63) is 78.9 Å². The zero-order valence-electron chi connectivity index (χ0n) is 19.7. The lowest BCUT2D eigenvalue weighted by Gasteiger charge is -2.31. The van der Waals surface area contributed by atoms with Crippen LogP contribution in [0.3, 0.4) is 0 Å². The molecule has 2 heterocycles. The molecule has 0 saturated heterocycles. The first-order valence-electron chi connectivity index (χ1n) is 11.2. The van der Waals surface area contributed by atoms with E-state index in [1.165, 1.54) is 30.5 Å². The Kier molecular flexibility index (Phi) is 6.39. The second kappa shape index (κ2) is 9.79. The van der Waals surface area contributed by atoms with E-state index in [1.54, 1.807) is 12.1 Å². The molecule has 8 nitrogen and oxygen atoms in total. The Morgan fingerprint density at radius 2 is 1.86 bits per heavy atom. The van der Waals surface area contributed by atoms with Gasteiger partial charge in [0.2, 0.25) is 23.2 Å². The SMILES string of the molecule is C=CCSc1nnc2c(n1)O[C@H](c1c(OC(C)=O)ccc3ccccc13)N(C(C)=O)c1ccccc1-2. The molecule has 0 aliphatic carbocycles. The summed E-state index contributed by atoms with van der Waals surface area (Å²) in [6.45, 7) is 6.53.